The van der Waals surface area contributed by atoms with E-state index in [1.807, 2.05) is 6.92 Å². The number of aromatic nitrogens is 2. The standard InChI is InChI=1S/C21H26FN3O3/c1-3-7-19-18(13-23-25(19)17-10-5-9-16(22)12-17)20(26)24-11-6-8-15(14-24)21(27)28-4-2/h5,9-10,12-13,15H,3-4,6-8,11,14H2,1-2H3. The molecule has 0 aliphatic carbocycles. The second kappa shape index (κ2) is 8.99. The summed E-state index contributed by atoms with van der Waals surface area (Å²) in [6, 6.07) is 6.17. The van der Waals surface area contributed by atoms with Crippen LogP contribution >= 0.6 is 0 Å². The SMILES string of the molecule is CCCc1c(C(=O)N2CCCC(C(=O)OCC)C2)cnn1-c1cccc(F)c1. The van der Waals surface area contributed by atoms with Crippen LogP contribution in [-0.4, -0.2) is 46.3 Å². The summed E-state index contributed by atoms with van der Waals surface area (Å²) in [6.45, 7) is 5.10. The highest BCUT2D eigenvalue weighted by Crippen LogP contribution is 2.23. The van der Waals surface area contributed by atoms with Crippen molar-refractivity contribution in [2.24, 2.45) is 5.92 Å². The Morgan fingerprint density at radius 2 is 2.14 bits per heavy atom. The summed E-state index contributed by atoms with van der Waals surface area (Å²) in [5.41, 5.74) is 1.86. The minimum absolute atomic E-state index is 0.139. The molecule has 2 heterocycles. The number of halogens is 1. The van der Waals surface area contributed by atoms with E-state index in [9.17, 15) is 14.0 Å². The number of piperidine rings is 1. The fourth-order valence-electron chi connectivity index (χ4n) is 3.64. The number of benzene rings is 1. The number of likely N-dealkylation sites (tertiary alicyclic amines) is 1. The first-order valence-corrected chi connectivity index (χ1v) is 9.83. The monoisotopic (exact) mass is 387 g/mol. The van der Waals surface area contributed by atoms with E-state index in [1.54, 1.807) is 34.8 Å². The third kappa shape index (κ3) is 4.24. The van der Waals surface area contributed by atoms with Gasteiger partial charge >= 0.3 is 5.97 Å². The van der Waals surface area contributed by atoms with E-state index < -0.39 is 0 Å². The van der Waals surface area contributed by atoms with Gasteiger partial charge in [-0.15, -0.1) is 0 Å². The van der Waals surface area contributed by atoms with Gasteiger partial charge in [0.25, 0.3) is 5.91 Å². The zero-order valence-corrected chi connectivity index (χ0v) is 16.4. The predicted molar refractivity (Wildman–Crippen MR) is 103 cm³/mol. The highest BCUT2D eigenvalue weighted by Gasteiger charge is 2.31. The number of carbonyl (C=O) groups is 2. The fourth-order valence-corrected chi connectivity index (χ4v) is 3.64. The molecule has 6 nitrogen and oxygen atoms in total. The number of amides is 1. The van der Waals surface area contributed by atoms with Crippen molar-refractivity contribution >= 4 is 11.9 Å². The number of esters is 1. The van der Waals surface area contributed by atoms with Crippen LogP contribution in [0, 0.1) is 11.7 Å². The third-order valence-electron chi connectivity index (χ3n) is 4.97. The van der Waals surface area contributed by atoms with Crippen LogP contribution in [0.25, 0.3) is 5.69 Å². The van der Waals surface area contributed by atoms with Crippen LogP contribution in [0.4, 0.5) is 4.39 Å². The molecule has 0 radical (unpaired) electrons. The molecule has 1 aromatic heterocycles. The molecule has 7 heteroatoms. The van der Waals surface area contributed by atoms with Gasteiger partial charge in [-0.25, -0.2) is 9.07 Å². The van der Waals surface area contributed by atoms with E-state index in [2.05, 4.69) is 5.10 Å². The average molecular weight is 387 g/mol. The van der Waals surface area contributed by atoms with E-state index in [0.29, 0.717) is 37.4 Å². The minimum atomic E-state index is -0.350. The largest absolute Gasteiger partial charge is 0.466 e. The molecule has 0 bridgehead atoms. The Bertz CT molecular complexity index is 849. The van der Waals surface area contributed by atoms with Crippen LogP contribution in [0.2, 0.25) is 0 Å². The summed E-state index contributed by atoms with van der Waals surface area (Å²) in [5, 5.41) is 4.36. The highest BCUT2D eigenvalue weighted by atomic mass is 19.1. The third-order valence-corrected chi connectivity index (χ3v) is 4.97. The number of nitrogens with zero attached hydrogens (tertiary/aromatic N) is 3. The molecule has 0 saturated carbocycles. The molecule has 150 valence electrons. The first-order chi connectivity index (χ1) is 13.5. The van der Waals surface area contributed by atoms with Crippen LogP contribution < -0.4 is 0 Å². The van der Waals surface area contributed by atoms with Crippen molar-refractivity contribution in [3.8, 4) is 5.69 Å². The van der Waals surface area contributed by atoms with E-state index in [1.165, 1.54) is 12.1 Å². The van der Waals surface area contributed by atoms with Gasteiger partial charge in [0, 0.05) is 13.1 Å². The molecular formula is C21H26FN3O3. The molecule has 1 atom stereocenters. The lowest BCUT2D eigenvalue weighted by molar-refractivity contribution is -0.149. The number of hydrogen-bond donors (Lipinski definition) is 0. The second-order valence-corrected chi connectivity index (χ2v) is 6.99. The first-order valence-electron chi connectivity index (χ1n) is 9.83. The van der Waals surface area contributed by atoms with Crippen molar-refractivity contribution in [2.45, 2.75) is 39.5 Å². The van der Waals surface area contributed by atoms with Crippen LogP contribution in [0.3, 0.4) is 0 Å². The van der Waals surface area contributed by atoms with E-state index in [0.717, 1.165) is 25.0 Å². The zero-order chi connectivity index (χ0) is 20.1. The molecule has 28 heavy (non-hydrogen) atoms. The molecule has 1 unspecified atom stereocenters. The van der Waals surface area contributed by atoms with Gasteiger partial charge in [0.2, 0.25) is 0 Å². The molecule has 0 spiro atoms. The van der Waals surface area contributed by atoms with Gasteiger partial charge in [-0.05, 0) is 44.4 Å². The summed E-state index contributed by atoms with van der Waals surface area (Å²) < 4.78 is 20.4. The molecule has 1 amide bonds. The molecular weight excluding hydrogens is 361 g/mol. The van der Waals surface area contributed by atoms with Crippen molar-refractivity contribution in [1.29, 1.82) is 0 Å². The van der Waals surface area contributed by atoms with Crippen LogP contribution in [0.1, 0.15) is 49.2 Å². The van der Waals surface area contributed by atoms with Gasteiger partial charge in [-0.3, -0.25) is 9.59 Å². The highest BCUT2D eigenvalue weighted by molar-refractivity contribution is 5.95. The van der Waals surface area contributed by atoms with Crippen LogP contribution in [0.15, 0.2) is 30.5 Å². The minimum Gasteiger partial charge on any atom is -0.466 e. The Balaban J connectivity index is 1.86. The maximum atomic E-state index is 13.6. The summed E-state index contributed by atoms with van der Waals surface area (Å²) in [5.74, 6) is -1.02. The number of hydrogen-bond acceptors (Lipinski definition) is 4. The summed E-state index contributed by atoms with van der Waals surface area (Å²) in [6.07, 6.45) is 4.51. The Morgan fingerprint density at radius 1 is 1.32 bits per heavy atom. The van der Waals surface area contributed by atoms with E-state index in [4.69, 9.17) is 4.74 Å². The zero-order valence-electron chi connectivity index (χ0n) is 16.4. The van der Waals surface area contributed by atoms with Gasteiger partial charge < -0.3 is 9.64 Å². The molecule has 1 aromatic carbocycles. The van der Waals surface area contributed by atoms with Gasteiger partial charge in [0.05, 0.1) is 35.7 Å². The lowest BCUT2D eigenvalue weighted by Crippen LogP contribution is -2.43. The predicted octanol–water partition coefficient (Wildman–Crippen LogP) is 3.38. The first kappa shape index (κ1) is 20.0. The Morgan fingerprint density at radius 3 is 2.86 bits per heavy atom. The average Bonchev–Trinajstić information content (AvgIpc) is 3.11. The van der Waals surface area contributed by atoms with Crippen LogP contribution in [0.5, 0.6) is 0 Å². The lowest BCUT2D eigenvalue weighted by Gasteiger charge is -2.31. The summed E-state index contributed by atoms with van der Waals surface area (Å²) >= 11 is 0. The van der Waals surface area contributed by atoms with E-state index >= 15 is 0 Å². The number of rotatable bonds is 6. The Kier molecular flexibility index (Phi) is 6.44. The van der Waals surface area contributed by atoms with Gasteiger partial charge in [0.1, 0.15) is 5.82 Å². The molecule has 1 fully saturated rings. The van der Waals surface area contributed by atoms with Crippen molar-refractivity contribution in [3.05, 3.63) is 47.5 Å². The van der Waals surface area contributed by atoms with Crippen molar-refractivity contribution in [3.63, 3.8) is 0 Å². The van der Waals surface area contributed by atoms with Crippen LogP contribution in [-0.2, 0) is 16.0 Å². The maximum absolute atomic E-state index is 13.6. The smallest absolute Gasteiger partial charge is 0.310 e. The second-order valence-electron chi connectivity index (χ2n) is 6.99. The topological polar surface area (TPSA) is 64.4 Å². The number of ether oxygens (including phenoxy) is 1. The Labute approximate surface area is 164 Å². The molecule has 1 saturated heterocycles. The molecule has 3 rings (SSSR count). The van der Waals surface area contributed by atoms with Gasteiger partial charge in [-0.2, -0.15) is 5.10 Å². The van der Waals surface area contributed by atoms with Gasteiger partial charge in [-0.1, -0.05) is 19.4 Å². The summed E-state index contributed by atoms with van der Waals surface area (Å²) in [7, 11) is 0. The molecule has 0 N–H and O–H groups in total. The molecule has 2 aromatic rings. The van der Waals surface area contributed by atoms with Crippen molar-refractivity contribution < 1.29 is 18.7 Å². The van der Waals surface area contributed by atoms with Crippen molar-refractivity contribution in [2.75, 3.05) is 19.7 Å². The van der Waals surface area contributed by atoms with Crippen molar-refractivity contribution in [1.82, 2.24) is 14.7 Å². The lowest BCUT2D eigenvalue weighted by atomic mass is 9.97. The quantitative estimate of drug-likeness (QED) is 0.713. The maximum Gasteiger partial charge on any atom is 0.310 e. The Hall–Kier alpha value is -2.70. The summed E-state index contributed by atoms with van der Waals surface area (Å²) in [4.78, 5) is 27.0. The fraction of sp³-hybridized carbons (Fsp3) is 0.476. The molecule has 1 aliphatic heterocycles. The molecule has 1 aliphatic rings. The van der Waals surface area contributed by atoms with E-state index in [-0.39, 0.29) is 23.6 Å². The normalized spacial score (nSPS) is 16.8. The van der Waals surface area contributed by atoms with Gasteiger partial charge in [0.15, 0.2) is 0 Å². The number of carbonyl (C=O) groups excluding carboxylic acids is 2.